The van der Waals surface area contributed by atoms with Crippen molar-refractivity contribution < 1.29 is 31.9 Å². The van der Waals surface area contributed by atoms with Gasteiger partial charge in [0.2, 0.25) is 5.91 Å². The number of nitrogens with one attached hydrogen (secondary N) is 1. The number of ether oxygens (including phenoxy) is 1. The maximum absolute atomic E-state index is 13.5. The van der Waals surface area contributed by atoms with Crippen LogP contribution in [0.3, 0.4) is 0 Å². The van der Waals surface area contributed by atoms with Crippen LogP contribution in [0.15, 0.2) is 59.4 Å². The van der Waals surface area contributed by atoms with Gasteiger partial charge in [-0.25, -0.2) is 9.48 Å². The zero-order chi connectivity index (χ0) is 21.7. The first-order valence-electron chi connectivity index (χ1n) is 8.75. The fraction of sp³-hybridized carbons (Fsp3) is 0.150. The van der Waals surface area contributed by atoms with Crippen LogP contribution < -0.4 is 5.32 Å². The lowest BCUT2D eigenvalue weighted by molar-refractivity contribution is -0.143. The molecule has 7 nitrogen and oxygen atoms in total. The molecular weight excluding hydrogens is 403 g/mol. The van der Waals surface area contributed by atoms with Gasteiger partial charge in [0.1, 0.15) is 11.3 Å². The summed E-state index contributed by atoms with van der Waals surface area (Å²) in [6.07, 6.45) is 0.180. The first-order valence-corrected chi connectivity index (χ1v) is 8.75. The number of benzene rings is 1. The summed E-state index contributed by atoms with van der Waals surface area (Å²) in [5, 5.41) is 6.27. The molecule has 3 rings (SSSR count). The van der Waals surface area contributed by atoms with Gasteiger partial charge in [-0.15, -0.1) is 0 Å². The maximum atomic E-state index is 13.5. The Balaban J connectivity index is 1.80. The number of hydrogen-bond donors (Lipinski definition) is 1. The molecular formula is C20H16F3N3O4. The van der Waals surface area contributed by atoms with Crippen LogP contribution >= 0.6 is 0 Å². The van der Waals surface area contributed by atoms with E-state index in [1.165, 1.54) is 49.6 Å². The molecule has 3 aromatic rings. The first-order chi connectivity index (χ1) is 14.3. The molecule has 156 valence electrons. The Labute approximate surface area is 168 Å². The van der Waals surface area contributed by atoms with Gasteiger partial charge in [0.15, 0.2) is 5.69 Å². The van der Waals surface area contributed by atoms with Gasteiger partial charge >= 0.3 is 12.1 Å². The van der Waals surface area contributed by atoms with Crippen LogP contribution in [0.4, 0.5) is 18.9 Å². The highest BCUT2D eigenvalue weighted by Crippen LogP contribution is 2.34. The molecule has 0 saturated carbocycles. The van der Waals surface area contributed by atoms with E-state index in [2.05, 4.69) is 15.2 Å². The number of alkyl halides is 3. The molecule has 2 aromatic heterocycles. The highest BCUT2D eigenvalue weighted by Gasteiger charge is 2.41. The van der Waals surface area contributed by atoms with E-state index < -0.39 is 29.3 Å². The molecule has 0 spiro atoms. The summed E-state index contributed by atoms with van der Waals surface area (Å²) in [7, 11) is 0. The fourth-order valence-corrected chi connectivity index (χ4v) is 2.59. The third kappa shape index (κ3) is 4.77. The minimum absolute atomic E-state index is 0.0574. The van der Waals surface area contributed by atoms with E-state index in [0.717, 1.165) is 6.20 Å². The summed E-state index contributed by atoms with van der Waals surface area (Å²) < 4.78 is 51.0. The minimum atomic E-state index is -4.83. The Morgan fingerprint density at radius 2 is 1.97 bits per heavy atom. The lowest BCUT2D eigenvalue weighted by Crippen LogP contribution is -2.18. The largest absolute Gasteiger partial charge is 0.465 e. The van der Waals surface area contributed by atoms with Gasteiger partial charge in [-0.1, -0.05) is 0 Å². The molecule has 1 aromatic carbocycles. The van der Waals surface area contributed by atoms with Crippen molar-refractivity contribution in [2.24, 2.45) is 0 Å². The Hall–Kier alpha value is -3.82. The molecule has 0 fully saturated rings. The van der Waals surface area contributed by atoms with Crippen molar-refractivity contribution in [2.75, 3.05) is 11.9 Å². The molecule has 1 amide bonds. The van der Waals surface area contributed by atoms with Crippen LogP contribution in [0.2, 0.25) is 0 Å². The molecule has 0 aliphatic rings. The van der Waals surface area contributed by atoms with Crippen molar-refractivity contribution in [3.63, 3.8) is 0 Å². The minimum Gasteiger partial charge on any atom is -0.465 e. The van der Waals surface area contributed by atoms with Crippen molar-refractivity contribution >= 4 is 23.6 Å². The zero-order valence-corrected chi connectivity index (χ0v) is 15.6. The van der Waals surface area contributed by atoms with Crippen LogP contribution in [-0.2, 0) is 15.7 Å². The maximum Gasteiger partial charge on any atom is 0.434 e. The lowest BCUT2D eigenvalue weighted by atomic mass is 10.2. The average Bonchev–Trinajstić information content (AvgIpc) is 3.37. The molecule has 0 radical (unpaired) electrons. The van der Waals surface area contributed by atoms with E-state index in [1.54, 1.807) is 12.1 Å². The average molecular weight is 419 g/mol. The summed E-state index contributed by atoms with van der Waals surface area (Å²) in [6, 6.07) is 8.85. The standard InChI is InChI=1S/C20H16F3N3O4/c1-2-29-19(28)16-12-24-26(18(16)20(21,22)23)14-7-5-13(6-8-14)25-17(27)10-9-15-4-3-11-30-15/h3-12H,2H2,1H3,(H,25,27)/b10-9+. The molecule has 0 bridgehead atoms. The van der Waals surface area contributed by atoms with Crippen molar-refractivity contribution in [1.82, 2.24) is 9.78 Å². The summed E-state index contributed by atoms with van der Waals surface area (Å²) in [6.45, 7) is 1.43. The van der Waals surface area contributed by atoms with E-state index in [0.29, 0.717) is 16.1 Å². The predicted molar refractivity (Wildman–Crippen MR) is 101 cm³/mol. The van der Waals surface area contributed by atoms with Gasteiger partial charge < -0.3 is 14.5 Å². The monoisotopic (exact) mass is 419 g/mol. The molecule has 0 saturated heterocycles. The summed E-state index contributed by atoms with van der Waals surface area (Å²) in [5.74, 6) is -1.06. The molecule has 0 unspecified atom stereocenters. The van der Waals surface area contributed by atoms with E-state index in [4.69, 9.17) is 4.42 Å². The van der Waals surface area contributed by atoms with E-state index >= 15 is 0 Å². The fourth-order valence-electron chi connectivity index (χ4n) is 2.59. The Bertz CT molecular complexity index is 1050. The quantitative estimate of drug-likeness (QED) is 0.475. The Morgan fingerprint density at radius 3 is 2.57 bits per heavy atom. The molecule has 0 aliphatic carbocycles. The Kier molecular flexibility index (Phi) is 6.05. The number of amides is 1. The third-order valence-electron chi connectivity index (χ3n) is 3.85. The topological polar surface area (TPSA) is 86.4 Å². The van der Waals surface area contributed by atoms with Crippen molar-refractivity contribution in [3.8, 4) is 5.69 Å². The highest BCUT2D eigenvalue weighted by atomic mass is 19.4. The van der Waals surface area contributed by atoms with E-state index in [-0.39, 0.29) is 12.3 Å². The number of furan rings is 1. The Morgan fingerprint density at radius 1 is 1.23 bits per heavy atom. The first kappa shape index (κ1) is 20.9. The van der Waals surface area contributed by atoms with Crippen LogP contribution in [0.25, 0.3) is 11.8 Å². The van der Waals surface area contributed by atoms with Gasteiger partial charge in [-0.2, -0.15) is 18.3 Å². The van der Waals surface area contributed by atoms with Gasteiger partial charge in [0, 0.05) is 11.8 Å². The predicted octanol–water partition coefficient (Wildman–Crippen LogP) is 4.31. The summed E-state index contributed by atoms with van der Waals surface area (Å²) in [4.78, 5) is 23.8. The normalized spacial score (nSPS) is 11.6. The molecule has 30 heavy (non-hydrogen) atoms. The summed E-state index contributed by atoms with van der Waals surface area (Å²) >= 11 is 0. The van der Waals surface area contributed by atoms with Gasteiger partial charge in [-0.05, 0) is 49.4 Å². The molecule has 0 atom stereocenters. The second kappa shape index (κ2) is 8.68. The summed E-state index contributed by atoms with van der Waals surface area (Å²) in [5.41, 5.74) is -1.50. The number of carbonyl (C=O) groups excluding carboxylic acids is 2. The second-order valence-electron chi connectivity index (χ2n) is 5.92. The molecule has 10 heteroatoms. The van der Waals surface area contributed by atoms with Crippen LogP contribution in [-0.4, -0.2) is 28.3 Å². The van der Waals surface area contributed by atoms with Crippen molar-refractivity contribution in [1.29, 1.82) is 0 Å². The number of carbonyl (C=O) groups is 2. The smallest absolute Gasteiger partial charge is 0.434 e. The van der Waals surface area contributed by atoms with Crippen LogP contribution in [0.1, 0.15) is 28.7 Å². The second-order valence-corrected chi connectivity index (χ2v) is 5.92. The van der Waals surface area contributed by atoms with E-state index in [9.17, 15) is 22.8 Å². The number of halogens is 3. The van der Waals surface area contributed by atoms with Gasteiger partial charge in [-0.3, -0.25) is 4.79 Å². The molecule has 1 N–H and O–H groups in total. The SMILES string of the molecule is CCOC(=O)c1cnn(-c2ccc(NC(=O)/C=C/c3ccco3)cc2)c1C(F)(F)F. The van der Waals surface area contributed by atoms with Crippen molar-refractivity contribution in [3.05, 3.63) is 72.0 Å². The number of anilines is 1. The lowest BCUT2D eigenvalue weighted by Gasteiger charge is -2.13. The van der Waals surface area contributed by atoms with Crippen molar-refractivity contribution in [2.45, 2.75) is 13.1 Å². The van der Waals surface area contributed by atoms with E-state index in [1.807, 2.05) is 0 Å². The number of hydrogen-bond acceptors (Lipinski definition) is 5. The third-order valence-corrected chi connectivity index (χ3v) is 3.85. The molecule has 0 aliphatic heterocycles. The number of rotatable bonds is 6. The number of esters is 1. The number of nitrogens with zero attached hydrogens (tertiary/aromatic N) is 2. The van der Waals surface area contributed by atoms with Gasteiger partial charge in [0.25, 0.3) is 0 Å². The number of aromatic nitrogens is 2. The van der Waals surface area contributed by atoms with Crippen LogP contribution in [0, 0.1) is 0 Å². The molecule has 2 heterocycles. The zero-order valence-electron chi connectivity index (χ0n) is 15.6. The van der Waals surface area contributed by atoms with Crippen LogP contribution in [0.5, 0.6) is 0 Å². The van der Waals surface area contributed by atoms with Gasteiger partial charge in [0.05, 0.1) is 24.8 Å². The highest BCUT2D eigenvalue weighted by molar-refractivity contribution is 6.01.